The van der Waals surface area contributed by atoms with Crippen molar-refractivity contribution < 1.29 is 4.79 Å². The van der Waals surface area contributed by atoms with Crippen LogP contribution < -0.4 is 5.32 Å². The van der Waals surface area contributed by atoms with Gasteiger partial charge in [0.2, 0.25) is 5.91 Å². The Labute approximate surface area is 141 Å². The van der Waals surface area contributed by atoms with Gasteiger partial charge in [-0.2, -0.15) is 0 Å². The summed E-state index contributed by atoms with van der Waals surface area (Å²) in [7, 11) is 0. The topological polar surface area (TPSA) is 42.0 Å². The van der Waals surface area contributed by atoms with Gasteiger partial charge in [-0.15, -0.1) is 11.8 Å². The molecule has 1 fully saturated rings. The first-order valence-corrected chi connectivity index (χ1v) is 9.07. The quantitative estimate of drug-likeness (QED) is 0.795. The van der Waals surface area contributed by atoms with Crippen molar-refractivity contribution in [2.75, 3.05) is 5.32 Å². The van der Waals surface area contributed by atoms with Crippen LogP contribution in [0.2, 0.25) is 0 Å². The molecule has 23 heavy (non-hydrogen) atoms. The minimum atomic E-state index is -0.187. The highest BCUT2D eigenvalue weighted by atomic mass is 32.2. The van der Waals surface area contributed by atoms with Gasteiger partial charge in [0.1, 0.15) is 0 Å². The fourth-order valence-corrected chi connectivity index (χ4v) is 3.78. The number of benzene rings is 1. The summed E-state index contributed by atoms with van der Waals surface area (Å²) in [6, 6.07) is 12.1. The molecule has 1 aromatic heterocycles. The molecular weight excluding hydrogens is 304 g/mol. The van der Waals surface area contributed by atoms with E-state index in [1.165, 1.54) is 10.5 Å². The van der Waals surface area contributed by atoms with Crippen LogP contribution in [0.1, 0.15) is 38.2 Å². The van der Waals surface area contributed by atoms with Gasteiger partial charge in [0.25, 0.3) is 0 Å². The van der Waals surface area contributed by atoms with Gasteiger partial charge in [-0.05, 0) is 48.7 Å². The fraction of sp³-hybridized carbons (Fsp3) is 0.368. The number of rotatable bonds is 5. The summed E-state index contributed by atoms with van der Waals surface area (Å²) in [4.78, 5) is 17.7. The number of carbonyl (C=O) groups excluding carboxylic acids is 1. The van der Waals surface area contributed by atoms with Crippen LogP contribution >= 0.6 is 11.8 Å². The van der Waals surface area contributed by atoms with Crippen LogP contribution in [0.15, 0.2) is 53.7 Å². The molecule has 4 heteroatoms. The number of thioether (sulfide) groups is 1. The molecule has 0 atom stereocenters. The summed E-state index contributed by atoms with van der Waals surface area (Å²) >= 11 is 1.77. The van der Waals surface area contributed by atoms with Crippen LogP contribution in [-0.2, 0) is 10.5 Å². The van der Waals surface area contributed by atoms with Crippen molar-refractivity contribution in [3.63, 3.8) is 0 Å². The third kappa shape index (κ3) is 4.14. The van der Waals surface area contributed by atoms with Gasteiger partial charge >= 0.3 is 0 Å². The summed E-state index contributed by atoms with van der Waals surface area (Å²) in [5, 5.41) is 3.07. The van der Waals surface area contributed by atoms with E-state index in [1.54, 1.807) is 18.0 Å². The van der Waals surface area contributed by atoms with Crippen molar-refractivity contribution in [1.82, 2.24) is 4.98 Å². The fourth-order valence-electron chi connectivity index (χ4n) is 2.95. The molecule has 1 aliphatic rings. The van der Waals surface area contributed by atoms with Crippen molar-refractivity contribution in [1.29, 1.82) is 0 Å². The zero-order valence-electron chi connectivity index (χ0n) is 13.4. The van der Waals surface area contributed by atoms with Crippen molar-refractivity contribution in [2.45, 2.75) is 43.3 Å². The highest BCUT2D eigenvalue weighted by Gasteiger charge is 2.36. The smallest absolute Gasteiger partial charge is 0.230 e. The van der Waals surface area contributed by atoms with Gasteiger partial charge in [-0.25, -0.2) is 0 Å². The monoisotopic (exact) mass is 326 g/mol. The largest absolute Gasteiger partial charge is 0.326 e. The zero-order valence-corrected chi connectivity index (χ0v) is 14.2. The number of hydrogen-bond acceptors (Lipinski definition) is 3. The standard InChI is InChI=1S/C19H22N2OS/c1-19(10-2-3-11-19)18(22)21-16-6-8-17(9-7-16)23-14-15-5-4-12-20-13-15/h4-9,12-13H,2-3,10-11,14H2,1H3,(H,21,22). The first-order valence-electron chi connectivity index (χ1n) is 8.09. The second-order valence-electron chi connectivity index (χ2n) is 6.40. The Morgan fingerprint density at radius 1 is 1.22 bits per heavy atom. The third-order valence-electron chi connectivity index (χ3n) is 4.50. The van der Waals surface area contributed by atoms with Crippen LogP contribution in [-0.4, -0.2) is 10.9 Å². The number of nitrogens with zero attached hydrogens (tertiary/aromatic N) is 1. The van der Waals surface area contributed by atoms with E-state index >= 15 is 0 Å². The number of amides is 1. The average Bonchev–Trinajstić information content (AvgIpc) is 3.03. The number of pyridine rings is 1. The first kappa shape index (κ1) is 16.1. The average molecular weight is 326 g/mol. The molecular formula is C19H22N2OS. The molecule has 1 amide bonds. The van der Waals surface area contributed by atoms with E-state index in [0.29, 0.717) is 0 Å². The predicted octanol–water partition coefficient (Wildman–Crippen LogP) is 4.89. The minimum absolute atomic E-state index is 0.158. The Balaban J connectivity index is 1.55. The van der Waals surface area contributed by atoms with Gasteiger partial charge in [0.15, 0.2) is 0 Å². The maximum absolute atomic E-state index is 12.4. The molecule has 0 bridgehead atoms. The molecule has 3 nitrogen and oxygen atoms in total. The number of anilines is 1. The summed E-state index contributed by atoms with van der Waals surface area (Å²) in [6.07, 6.45) is 8.00. The third-order valence-corrected chi connectivity index (χ3v) is 5.58. The molecule has 120 valence electrons. The van der Waals surface area contributed by atoms with Crippen LogP contribution in [0.3, 0.4) is 0 Å². The summed E-state index contributed by atoms with van der Waals surface area (Å²) < 4.78 is 0. The molecule has 1 aromatic carbocycles. The highest BCUT2D eigenvalue weighted by molar-refractivity contribution is 7.98. The number of nitrogens with one attached hydrogen (secondary N) is 1. The lowest BCUT2D eigenvalue weighted by Gasteiger charge is -2.22. The van der Waals surface area contributed by atoms with Gasteiger partial charge in [0.05, 0.1) is 0 Å². The van der Waals surface area contributed by atoms with Crippen LogP contribution in [0, 0.1) is 5.41 Å². The number of aromatic nitrogens is 1. The van der Waals surface area contributed by atoms with Gasteiger partial charge in [0, 0.05) is 34.1 Å². The molecule has 1 N–H and O–H groups in total. The highest BCUT2D eigenvalue weighted by Crippen LogP contribution is 2.38. The second-order valence-corrected chi connectivity index (χ2v) is 7.44. The molecule has 1 heterocycles. The molecule has 0 radical (unpaired) electrons. The Hall–Kier alpha value is -1.81. The van der Waals surface area contributed by atoms with Crippen molar-refractivity contribution >= 4 is 23.4 Å². The predicted molar refractivity (Wildman–Crippen MR) is 95.4 cm³/mol. The summed E-state index contributed by atoms with van der Waals surface area (Å²) in [5.74, 6) is 1.06. The van der Waals surface area contributed by atoms with Crippen LogP contribution in [0.25, 0.3) is 0 Å². The molecule has 0 aliphatic heterocycles. The lowest BCUT2D eigenvalue weighted by atomic mass is 9.88. The van der Waals surface area contributed by atoms with Gasteiger partial charge < -0.3 is 5.32 Å². The maximum atomic E-state index is 12.4. The van der Waals surface area contributed by atoms with Crippen molar-refractivity contribution in [3.05, 3.63) is 54.4 Å². The Kier molecular flexibility index (Phi) is 5.01. The van der Waals surface area contributed by atoms with Gasteiger partial charge in [-0.1, -0.05) is 25.8 Å². The second kappa shape index (κ2) is 7.18. The SMILES string of the molecule is CC1(C(=O)Nc2ccc(SCc3cccnc3)cc2)CCCC1. The molecule has 3 rings (SSSR count). The maximum Gasteiger partial charge on any atom is 0.230 e. The molecule has 2 aromatic rings. The van der Waals surface area contributed by atoms with E-state index in [9.17, 15) is 4.79 Å². The van der Waals surface area contributed by atoms with E-state index in [2.05, 4.69) is 35.4 Å². The molecule has 0 unspecified atom stereocenters. The summed E-state index contributed by atoms with van der Waals surface area (Å²) in [6.45, 7) is 2.08. The van der Waals surface area contributed by atoms with E-state index < -0.39 is 0 Å². The molecule has 1 saturated carbocycles. The normalized spacial score (nSPS) is 16.2. The lowest BCUT2D eigenvalue weighted by Crippen LogP contribution is -2.30. The van der Waals surface area contributed by atoms with Crippen molar-refractivity contribution in [2.24, 2.45) is 5.41 Å². The summed E-state index contributed by atoms with van der Waals surface area (Å²) in [5.41, 5.74) is 1.91. The Morgan fingerprint density at radius 2 is 1.96 bits per heavy atom. The lowest BCUT2D eigenvalue weighted by molar-refractivity contribution is -0.124. The van der Waals surface area contributed by atoms with E-state index in [0.717, 1.165) is 37.1 Å². The zero-order chi connectivity index (χ0) is 16.1. The number of carbonyl (C=O) groups is 1. The Morgan fingerprint density at radius 3 is 2.61 bits per heavy atom. The van der Waals surface area contributed by atoms with Crippen molar-refractivity contribution in [3.8, 4) is 0 Å². The molecule has 0 spiro atoms. The molecule has 1 aliphatic carbocycles. The van der Waals surface area contributed by atoms with E-state index in [4.69, 9.17) is 0 Å². The van der Waals surface area contributed by atoms with E-state index in [1.807, 2.05) is 24.4 Å². The van der Waals surface area contributed by atoms with Crippen LogP contribution in [0.4, 0.5) is 5.69 Å². The Bertz CT molecular complexity index is 649. The van der Waals surface area contributed by atoms with Crippen LogP contribution in [0.5, 0.6) is 0 Å². The molecule has 0 saturated heterocycles. The number of hydrogen-bond donors (Lipinski definition) is 1. The first-order chi connectivity index (χ1) is 11.2. The minimum Gasteiger partial charge on any atom is -0.326 e. The van der Waals surface area contributed by atoms with Gasteiger partial charge in [-0.3, -0.25) is 9.78 Å². The van der Waals surface area contributed by atoms with E-state index in [-0.39, 0.29) is 11.3 Å².